The molecule has 0 spiro atoms. The number of benzene rings is 2. The molecule has 3 aromatic heterocycles. The van der Waals surface area contributed by atoms with Gasteiger partial charge in [-0.15, -0.1) is 11.3 Å². The molecule has 2 aromatic carbocycles. The Morgan fingerprint density at radius 2 is 1.77 bits per heavy atom. The molecule has 0 bridgehead atoms. The van der Waals surface area contributed by atoms with Gasteiger partial charge in [0.1, 0.15) is 5.82 Å². The summed E-state index contributed by atoms with van der Waals surface area (Å²) < 4.78 is 15.7. The summed E-state index contributed by atoms with van der Waals surface area (Å²) in [7, 11) is 0. The maximum absolute atomic E-state index is 14.2. The third-order valence-corrected chi connectivity index (χ3v) is 6.99. The van der Waals surface area contributed by atoms with Gasteiger partial charge >= 0.3 is 0 Å². The van der Waals surface area contributed by atoms with Crippen molar-refractivity contribution >= 4 is 11.3 Å². The summed E-state index contributed by atoms with van der Waals surface area (Å²) in [5.74, 6) is -1.03. The van der Waals surface area contributed by atoms with E-state index in [0.717, 1.165) is 20.9 Å². The largest absolute Gasteiger partial charge is 0.504 e. The third kappa shape index (κ3) is 4.50. The highest BCUT2D eigenvalue weighted by atomic mass is 32.1. The number of thiophene rings is 1. The van der Waals surface area contributed by atoms with E-state index < -0.39 is 11.6 Å². The van der Waals surface area contributed by atoms with Crippen LogP contribution in [-0.4, -0.2) is 19.6 Å². The van der Waals surface area contributed by atoms with Crippen molar-refractivity contribution in [3.05, 3.63) is 113 Å². The minimum Gasteiger partial charge on any atom is -0.504 e. The molecule has 174 valence electrons. The van der Waals surface area contributed by atoms with Crippen LogP contribution in [0.25, 0.3) is 32.3 Å². The van der Waals surface area contributed by atoms with Crippen LogP contribution in [-0.2, 0) is 13.0 Å². The van der Waals surface area contributed by atoms with Crippen LogP contribution in [0.1, 0.15) is 11.3 Å². The second-order valence-corrected chi connectivity index (χ2v) is 9.21. The Hall–Kier alpha value is -4.10. The summed E-state index contributed by atoms with van der Waals surface area (Å²) in [6.45, 7) is 2.09. The normalized spacial score (nSPS) is 11.0. The fraction of sp³-hybridized carbons (Fsp3) is 0.107. The SMILES string of the molecule is Cc1nc(-c2cccc(F)c2O)n(CCc2ccccc2)c(=O)c1-c1ccc(-c2cccnc2)s1. The number of hydrogen-bond acceptors (Lipinski definition) is 5. The van der Waals surface area contributed by atoms with Gasteiger partial charge in [0.05, 0.1) is 16.8 Å². The summed E-state index contributed by atoms with van der Waals surface area (Å²) in [5, 5.41) is 10.4. The minimum atomic E-state index is -0.757. The number of hydrogen-bond donors (Lipinski definition) is 1. The predicted octanol–water partition coefficient (Wildman–Crippen LogP) is 6.10. The number of halogens is 1. The molecule has 1 N–H and O–H groups in total. The number of phenolic OH excluding ortho intramolecular Hbond substituents is 1. The Balaban J connectivity index is 1.65. The van der Waals surface area contributed by atoms with Gasteiger partial charge in [-0.25, -0.2) is 9.37 Å². The Morgan fingerprint density at radius 1 is 0.971 bits per heavy atom. The molecule has 0 saturated heterocycles. The van der Waals surface area contributed by atoms with E-state index in [1.54, 1.807) is 25.4 Å². The van der Waals surface area contributed by atoms with E-state index in [9.17, 15) is 14.3 Å². The quantitative estimate of drug-likeness (QED) is 0.317. The Bertz CT molecular complexity index is 1550. The fourth-order valence-electron chi connectivity index (χ4n) is 4.08. The summed E-state index contributed by atoms with van der Waals surface area (Å²) in [5.41, 5.74) is 3.01. The van der Waals surface area contributed by atoms with Crippen LogP contribution in [0.3, 0.4) is 0 Å². The number of para-hydroxylation sites is 1. The van der Waals surface area contributed by atoms with Crippen LogP contribution in [0.5, 0.6) is 5.75 Å². The molecule has 0 atom stereocenters. The molecule has 3 heterocycles. The lowest BCUT2D eigenvalue weighted by atomic mass is 10.1. The van der Waals surface area contributed by atoms with Gasteiger partial charge in [-0.2, -0.15) is 0 Å². The zero-order valence-electron chi connectivity index (χ0n) is 19.0. The molecule has 0 saturated carbocycles. The standard InChI is InChI=1S/C28H22FN3O2S/c1-18-25(24-13-12-23(35-24)20-9-6-15-30-17-20)28(34)32(16-14-19-7-3-2-4-8-19)27(31-18)21-10-5-11-22(29)26(21)33/h2-13,15,17,33H,14,16H2,1H3. The van der Waals surface area contributed by atoms with Crippen LogP contribution in [0.2, 0.25) is 0 Å². The molecular formula is C28H22FN3O2S. The van der Waals surface area contributed by atoms with Gasteiger partial charge in [-0.1, -0.05) is 42.5 Å². The van der Waals surface area contributed by atoms with Crippen molar-refractivity contribution in [3.63, 3.8) is 0 Å². The summed E-state index contributed by atoms with van der Waals surface area (Å²) in [6.07, 6.45) is 4.09. The Morgan fingerprint density at radius 3 is 2.54 bits per heavy atom. The monoisotopic (exact) mass is 483 g/mol. The summed E-state index contributed by atoms with van der Waals surface area (Å²) in [6, 6.07) is 21.8. The lowest BCUT2D eigenvalue weighted by Crippen LogP contribution is -2.27. The first-order valence-electron chi connectivity index (χ1n) is 11.2. The first-order valence-corrected chi connectivity index (χ1v) is 12.0. The lowest BCUT2D eigenvalue weighted by Gasteiger charge is -2.16. The molecule has 0 aliphatic rings. The summed E-state index contributed by atoms with van der Waals surface area (Å²) in [4.78, 5) is 24.6. The molecule has 35 heavy (non-hydrogen) atoms. The van der Waals surface area contributed by atoms with E-state index in [0.29, 0.717) is 24.2 Å². The van der Waals surface area contributed by atoms with Gasteiger partial charge in [0.2, 0.25) is 0 Å². The van der Waals surface area contributed by atoms with Crippen molar-refractivity contribution in [2.75, 3.05) is 0 Å². The van der Waals surface area contributed by atoms with Gasteiger partial charge in [0.25, 0.3) is 5.56 Å². The van der Waals surface area contributed by atoms with E-state index >= 15 is 0 Å². The zero-order chi connectivity index (χ0) is 24.4. The van der Waals surface area contributed by atoms with Crippen LogP contribution < -0.4 is 5.56 Å². The number of phenols is 1. The molecule has 5 aromatic rings. The number of aromatic hydroxyl groups is 1. The molecule has 0 unspecified atom stereocenters. The van der Waals surface area contributed by atoms with Crippen molar-refractivity contribution < 1.29 is 9.50 Å². The maximum atomic E-state index is 14.2. The smallest absolute Gasteiger partial charge is 0.262 e. The Kier molecular flexibility index (Phi) is 6.25. The number of rotatable bonds is 6. The van der Waals surface area contributed by atoms with Crippen LogP contribution >= 0.6 is 11.3 Å². The number of aryl methyl sites for hydroxylation is 2. The van der Waals surface area contributed by atoms with Gasteiger partial charge in [0.15, 0.2) is 11.6 Å². The van der Waals surface area contributed by atoms with E-state index in [-0.39, 0.29) is 16.9 Å². The number of aromatic nitrogens is 3. The molecule has 5 rings (SSSR count). The number of nitrogens with zero attached hydrogens (tertiary/aromatic N) is 3. The second kappa shape index (κ2) is 9.64. The average Bonchev–Trinajstić information content (AvgIpc) is 3.36. The predicted molar refractivity (Wildman–Crippen MR) is 137 cm³/mol. The van der Waals surface area contributed by atoms with E-state index in [1.807, 2.05) is 54.6 Å². The van der Waals surface area contributed by atoms with Crippen molar-refractivity contribution in [3.8, 4) is 38.0 Å². The van der Waals surface area contributed by atoms with Crippen LogP contribution in [0, 0.1) is 12.7 Å². The van der Waals surface area contributed by atoms with Crippen molar-refractivity contribution in [1.82, 2.24) is 14.5 Å². The average molecular weight is 484 g/mol. The van der Waals surface area contributed by atoms with Gasteiger partial charge < -0.3 is 5.11 Å². The Labute approximate surface area is 205 Å². The zero-order valence-corrected chi connectivity index (χ0v) is 19.8. The number of pyridine rings is 1. The minimum absolute atomic E-state index is 0.187. The maximum Gasteiger partial charge on any atom is 0.262 e. The highest BCUT2D eigenvalue weighted by Gasteiger charge is 2.21. The van der Waals surface area contributed by atoms with Gasteiger partial charge in [-0.05, 0) is 49.2 Å². The highest BCUT2D eigenvalue weighted by Crippen LogP contribution is 2.35. The van der Waals surface area contributed by atoms with Gasteiger partial charge in [0, 0.05) is 34.3 Å². The van der Waals surface area contributed by atoms with E-state index in [1.165, 1.54) is 28.0 Å². The molecule has 0 amide bonds. The fourth-order valence-corrected chi connectivity index (χ4v) is 5.16. The molecule has 7 heteroatoms. The molecule has 0 aliphatic heterocycles. The molecule has 0 fully saturated rings. The first kappa shape index (κ1) is 22.7. The van der Waals surface area contributed by atoms with Crippen molar-refractivity contribution in [2.24, 2.45) is 0 Å². The highest BCUT2D eigenvalue weighted by molar-refractivity contribution is 7.18. The second-order valence-electron chi connectivity index (χ2n) is 8.13. The van der Waals surface area contributed by atoms with E-state index in [4.69, 9.17) is 4.98 Å². The van der Waals surface area contributed by atoms with Crippen molar-refractivity contribution in [2.45, 2.75) is 19.9 Å². The van der Waals surface area contributed by atoms with Crippen LogP contribution in [0.15, 0.2) is 90.0 Å². The summed E-state index contributed by atoms with van der Waals surface area (Å²) >= 11 is 1.50. The van der Waals surface area contributed by atoms with Gasteiger partial charge in [-0.3, -0.25) is 14.3 Å². The lowest BCUT2D eigenvalue weighted by molar-refractivity contribution is 0.433. The topological polar surface area (TPSA) is 68.0 Å². The molecule has 0 aliphatic carbocycles. The van der Waals surface area contributed by atoms with Crippen molar-refractivity contribution in [1.29, 1.82) is 0 Å². The molecular weight excluding hydrogens is 461 g/mol. The van der Waals surface area contributed by atoms with Crippen LogP contribution in [0.4, 0.5) is 4.39 Å². The molecule has 0 radical (unpaired) electrons. The molecule has 5 nitrogen and oxygen atoms in total. The first-order chi connectivity index (χ1) is 17.0. The van der Waals surface area contributed by atoms with E-state index in [2.05, 4.69) is 4.98 Å². The third-order valence-electron chi connectivity index (χ3n) is 5.84.